The van der Waals surface area contributed by atoms with E-state index in [1.165, 1.54) is 37.8 Å². The minimum atomic E-state index is -0.273. The van der Waals surface area contributed by atoms with Crippen molar-refractivity contribution in [1.82, 2.24) is 15.6 Å². The molecule has 30 heavy (non-hydrogen) atoms. The number of rotatable bonds is 9. The van der Waals surface area contributed by atoms with Crippen LogP contribution < -0.4 is 10.6 Å². The second-order valence-electron chi connectivity index (χ2n) is 7.70. The van der Waals surface area contributed by atoms with Crippen molar-refractivity contribution < 1.29 is 13.5 Å². The molecule has 1 aromatic carbocycles. The number of aliphatic imine (C=N–C) groups is 1. The maximum absolute atomic E-state index is 13.0. The van der Waals surface area contributed by atoms with Crippen molar-refractivity contribution in [1.29, 1.82) is 0 Å². The van der Waals surface area contributed by atoms with E-state index in [0.717, 1.165) is 36.8 Å². The summed E-state index contributed by atoms with van der Waals surface area (Å²) >= 11 is 0. The summed E-state index contributed by atoms with van der Waals surface area (Å²) in [5, 5.41) is 6.84. The fourth-order valence-electron chi connectivity index (χ4n) is 3.91. The molecule has 0 unspecified atom stereocenters. The number of nitrogens with one attached hydrogen (secondary N) is 2. The predicted octanol–water partition coefficient (Wildman–Crippen LogP) is 4.40. The van der Waals surface area contributed by atoms with E-state index in [4.69, 9.17) is 9.15 Å². The lowest BCUT2D eigenvalue weighted by molar-refractivity contribution is 0.138. The van der Waals surface area contributed by atoms with Crippen LogP contribution in [-0.4, -0.2) is 44.8 Å². The van der Waals surface area contributed by atoms with Gasteiger partial charge in [-0.15, -0.1) is 24.0 Å². The molecule has 0 bridgehead atoms. The Morgan fingerprint density at radius 1 is 1.23 bits per heavy atom. The number of nitrogens with zero attached hydrogens (tertiary/aromatic N) is 2. The monoisotopic (exact) mass is 530 g/mol. The van der Waals surface area contributed by atoms with Gasteiger partial charge in [0.1, 0.15) is 12.1 Å². The number of guanidine groups is 1. The number of ether oxygens (including phenoxy) is 1. The standard InChI is InChI=1S/C22H31FN4O2.HI/c1-24-21(26-16-22(12-14-28-2)10-3-4-11-22)25-13-9-19-15-29-20(27-19)17-5-7-18(23)8-6-17;/h5-8,15H,3-4,9-14,16H2,1-2H3,(H2,24,25,26);1H. The Balaban J connectivity index is 0.00000320. The average molecular weight is 530 g/mol. The van der Waals surface area contributed by atoms with Gasteiger partial charge < -0.3 is 19.8 Å². The van der Waals surface area contributed by atoms with Gasteiger partial charge in [0, 0.05) is 45.8 Å². The summed E-state index contributed by atoms with van der Waals surface area (Å²) in [6, 6.07) is 6.13. The lowest BCUT2D eigenvalue weighted by Gasteiger charge is -2.29. The van der Waals surface area contributed by atoms with Gasteiger partial charge in [0.25, 0.3) is 0 Å². The molecule has 1 aliphatic carbocycles. The van der Waals surface area contributed by atoms with E-state index < -0.39 is 0 Å². The van der Waals surface area contributed by atoms with E-state index in [-0.39, 0.29) is 29.8 Å². The molecule has 2 aromatic rings. The molecular weight excluding hydrogens is 498 g/mol. The van der Waals surface area contributed by atoms with Crippen LogP contribution in [0.2, 0.25) is 0 Å². The molecule has 6 nitrogen and oxygen atoms in total. The lowest BCUT2D eigenvalue weighted by Crippen LogP contribution is -2.43. The zero-order valence-corrected chi connectivity index (χ0v) is 20.1. The number of hydrogen-bond donors (Lipinski definition) is 2. The number of halogens is 2. The van der Waals surface area contributed by atoms with Gasteiger partial charge in [-0.2, -0.15) is 0 Å². The summed E-state index contributed by atoms with van der Waals surface area (Å²) < 4.78 is 23.9. The van der Waals surface area contributed by atoms with Crippen LogP contribution in [0.15, 0.2) is 39.9 Å². The molecule has 0 saturated heterocycles. The molecule has 166 valence electrons. The van der Waals surface area contributed by atoms with Crippen molar-refractivity contribution >= 4 is 29.9 Å². The molecule has 1 saturated carbocycles. The largest absolute Gasteiger partial charge is 0.444 e. The smallest absolute Gasteiger partial charge is 0.226 e. The van der Waals surface area contributed by atoms with Gasteiger partial charge in [0.05, 0.1) is 5.69 Å². The van der Waals surface area contributed by atoms with Gasteiger partial charge >= 0.3 is 0 Å². The third kappa shape index (κ3) is 6.94. The molecule has 1 aromatic heterocycles. The van der Waals surface area contributed by atoms with Crippen LogP contribution >= 0.6 is 24.0 Å². The second kappa shape index (κ2) is 12.2. The first kappa shape index (κ1) is 24.6. The van der Waals surface area contributed by atoms with E-state index >= 15 is 0 Å². The van der Waals surface area contributed by atoms with Gasteiger partial charge in [-0.25, -0.2) is 9.37 Å². The molecular formula is C22H32FIN4O2. The lowest BCUT2D eigenvalue weighted by atomic mass is 9.83. The van der Waals surface area contributed by atoms with Crippen LogP contribution in [0.3, 0.4) is 0 Å². The van der Waals surface area contributed by atoms with Crippen LogP contribution in [0, 0.1) is 11.2 Å². The predicted molar refractivity (Wildman–Crippen MR) is 128 cm³/mol. The van der Waals surface area contributed by atoms with Crippen LogP contribution in [0.25, 0.3) is 11.5 Å². The summed E-state index contributed by atoms with van der Waals surface area (Å²) in [6.45, 7) is 2.41. The molecule has 3 rings (SSSR count). The highest BCUT2D eigenvalue weighted by molar-refractivity contribution is 14.0. The van der Waals surface area contributed by atoms with Crippen molar-refractivity contribution in [2.24, 2.45) is 10.4 Å². The maximum Gasteiger partial charge on any atom is 0.226 e. The van der Waals surface area contributed by atoms with Crippen molar-refractivity contribution in [3.05, 3.63) is 42.0 Å². The summed E-state index contributed by atoms with van der Waals surface area (Å²) in [6.07, 6.45) is 8.50. The number of methoxy groups -OCH3 is 1. The number of aromatic nitrogens is 1. The topological polar surface area (TPSA) is 71.7 Å². The summed E-state index contributed by atoms with van der Waals surface area (Å²) in [5.74, 6) is 1.03. The molecule has 1 aliphatic rings. The zero-order valence-electron chi connectivity index (χ0n) is 17.7. The fourth-order valence-corrected chi connectivity index (χ4v) is 3.91. The van der Waals surface area contributed by atoms with Gasteiger partial charge in [-0.3, -0.25) is 4.99 Å². The van der Waals surface area contributed by atoms with E-state index in [1.54, 1.807) is 32.6 Å². The van der Waals surface area contributed by atoms with Crippen LogP contribution in [0.1, 0.15) is 37.8 Å². The third-order valence-electron chi connectivity index (χ3n) is 5.67. The minimum absolute atomic E-state index is 0. The van der Waals surface area contributed by atoms with Crippen molar-refractivity contribution in [2.75, 3.05) is 33.9 Å². The summed E-state index contributed by atoms with van der Waals surface area (Å²) in [5.41, 5.74) is 1.92. The SMILES string of the molecule is CN=C(NCCc1coc(-c2ccc(F)cc2)n1)NCC1(CCOC)CCCC1.I. The van der Waals surface area contributed by atoms with Crippen molar-refractivity contribution in [2.45, 2.75) is 38.5 Å². The van der Waals surface area contributed by atoms with E-state index in [2.05, 4.69) is 20.6 Å². The van der Waals surface area contributed by atoms with E-state index in [9.17, 15) is 4.39 Å². The van der Waals surface area contributed by atoms with Crippen molar-refractivity contribution in [3.63, 3.8) is 0 Å². The normalized spacial score (nSPS) is 15.6. The second-order valence-corrected chi connectivity index (χ2v) is 7.70. The first-order valence-electron chi connectivity index (χ1n) is 10.3. The Bertz CT molecular complexity index is 789. The highest BCUT2D eigenvalue weighted by Crippen LogP contribution is 2.40. The van der Waals surface area contributed by atoms with E-state index in [1.807, 2.05) is 0 Å². The average Bonchev–Trinajstić information content (AvgIpc) is 3.40. The summed E-state index contributed by atoms with van der Waals surface area (Å²) in [7, 11) is 3.55. The molecule has 0 amide bonds. The third-order valence-corrected chi connectivity index (χ3v) is 5.67. The zero-order chi connectivity index (χ0) is 20.5. The Kier molecular flexibility index (Phi) is 10.0. The Labute approximate surface area is 195 Å². The summed E-state index contributed by atoms with van der Waals surface area (Å²) in [4.78, 5) is 8.82. The number of benzene rings is 1. The molecule has 0 aliphatic heterocycles. The van der Waals surface area contributed by atoms with Crippen LogP contribution in [-0.2, 0) is 11.2 Å². The van der Waals surface area contributed by atoms with Gasteiger partial charge in [-0.1, -0.05) is 12.8 Å². The first-order chi connectivity index (χ1) is 14.1. The molecule has 0 radical (unpaired) electrons. The quantitative estimate of drug-likeness (QED) is 0.286. The Morgan fingerprint density at radius 3 is 2.63 bits per heavy atom. The molecule has 0 spiro atoms. The number of hydrogen-bond acceptors (Lipinski definition) is 4. The van der Waals surface area contributed by atoms with Gasteiger partial charge in [-0.05, 0) is 48.9 Å². The maximum atomic E-state index is 13.0. The Hall–Kier alpha value is -1.68. The highest BCUT2D eigenvalue weighted by atomic mass is 127. The van der Waals surface area contributed by atoms with Crippen LogP contribution in [0.4, 0.5) is 4.39 Å². The molecule has 0 atom stereocenters. The Morgan fingerprint density at radius 2 is 1.97 bits per heavy atom. The van der Waals surface area contributed by atoms with Gasteiger partial charge in [0.15, 0.2) is 5.96 Å². The first-order valence-corrected chi connectivity index (χ1v) is 10.3. The van der Waals surface area contributed by atoms with Crippen LogP contribution in [0.5, 0.6) is 0 Å². The van der Waals surface area contributed by atoms with Gasteiger partial charge in [0.2, 0.25) is 5.89 Å². The molecule has 2 N–H and O–H groups in total. The highest BCUT2D eigenvalue weighted by Gasteiger charge is 2.33. The molecule has 1 fully saturated rings. The minimum Gasteiger partial charge on any atom is -0.444 e. The number of oxazole rings is 1. The van der Waals surface area contributed by atoms with Crippen molar-refractivity contribution in [3.8, 4) is 11.5 Å². The fraction of sp³-hybridized carbons (Fsp3) is 0.545. The molecule has 8 heteroatoms. The van der Waals surface area contributed by atoms with E-state index in [0.29, 0.717) is 24.3 Å². The molecule has 1 heterocycles.